The molecule has 0 aromatic heterocycles. The maximum absolute atomic E-state index is 5.94. The van der Waals surface area contributed by atoms with Crippen LogP contribution in [0.1, 0.15) is 306 Å². The molecule has 9 nitrogen and oxygen atoms in total. The summed E-state index contributed by atoms with van der Waals surface area (Å²) in [5.74, 6) is 5.66. The molecular weight excluding hydrogens is 1060 g/mol. The summed E-state index contributed by atoms with van der Waals surface area (Å²) in [7, 11) is 8.69. The minimum absolute atomic E-state index is 0.612. The molecule has 0 N–H and O–H groups in total. The fraction of sp³-hybridized carbons (Fsp3) is 1.00. The highest BCUT2D eigenvalue weighted by atomic mass is 33.1. The highest BCUT2D eigenvalue weighted by Gasteiger charge is 2.34. The number of hydrogen-bond donors (Lipinski definition) is 0. The summed E-state index contributed by atoms with van der Waals surface area (Å²) in [6.07, 6.45) is 49.9. The lowest BCUT2D eigenvalue weighted by atomic mass is 9.70. The van der Waals surface area contributed by atoms with E-state index in [1.165, 1.54) is 228 Å². The first-order chi connectivity index (χ1) is 38.8. The van der Waals surface area contributed by atoms with Crippen LogP contribution in [0.5, 0.6) is 0 Å². The zero-order valence-electron chi connectivity index (χ0n) is 53.6. The maximum Gasteiger partial charge on any atom is 0.282 e. The molecule has 79 heavy (non-hydrogen) atoms. The van der Waals surface area contributed by atoms with Crippen molar-refractivity contribution in [2.75, 3.05) is 82.5 Å². The Balaban J connectivity index is 2.33. The molecule has 0 aromatic rings. The topological polar surface area (TPSA) is 83.1 Å². The van der Waals surface area contributed by atoms with Crippen molar-refractivity contribution in [1.29, 1.82) is 0 Å². The van der Waals surface area contributed by atoms with E-state index in [1.54, 1.807) is 0 Å². The van der Waals surface area contributed by atoms with Crippen LogP contribution in [-0.2, 0) is 42.6 Å². The van der Waals surface area contributed by atoms with Crippen molar-refractivity contribution in [1.82, 2.24) is 0 Å². The van der Waals surface area contributed by atoms with E-state index in [0.717, 1.165) is 56.3 Å². The number of hydrogen-bond acceptors (Lipinski definition) is 13. The fourth-order valence-corrected chi connectivity index (χ4v) is 16.5. The van der Waals surface area contributed by atoms with Crippen molar-refractivity contribution in [3.63, 3.8) is 0 Å². The molecule has 0 spiro atoms. The molecule has 1 aliphatic rings. The van der Waals surface area contributed by atoms with Crippen LogP contribution in [0.3, 0.4) is 0 Å². The Morgan fingerprint density at radius 2 is 0.506 bits per heavy atom. The zero-order valence-corrected chi connectivity index (χ0v) is 56.9. The van der Waals surface area contributed by atoms with E-state index >= 15 is 0 Å². The van der Waals surface area contributed by atoms with Crippen LogP contribution < -0.4 is 0 Å². The molecule has 0 heterocycles. The first-order valence-corrected chi connectivity index (χ1v) is 39.0. The van der Waals surface area contributed by atoms with Gasteiger partial charge in [0.1, 0.15) is 0 Å². The minimum atomic E-state index is -0.847. The van der Waals surface area contributed by atoms with Gasteiger partial charge in [0, 0.05) is 102 Å². The van der Waals surface area contributed by atoms with Gasteiger partial charge in [-0.25, -0.2) is 0 Å². The third-order valence-electron chi connectivity index (χ3n) is 15.9. The van der Waals surface area contributed by atoms with Gasteiger partial charge in [0.15, 0.2) is 0 Å². The van der Waals surface area contributed by atoms with Crippen LogP contribution in [0.25, 0.3) is 0 Å². The standard InChI is InChI=1S/C66H132O9S4/c1-10-67-64(68-11-2,69-12-3)53-43-37-31-25-19-21-28-34-40-46-56-76-78-58-51-61-49-50-62(63(60-61)48-42-36-30-24-23-27-33-39-45-55-66(73-16-7,74-17-8)75-18-9)52-59-79-77-57-47-41-35-29-22-20-26-32-38-44-54-65(70-13-4,71-14-5)72-15-6/h61-63H,10-60H2,1-9H3. The van der Waals surface area contributed by atoms with E-state index < -0.39 is 17.9 Å². The van der Waals surface area contributed by atoms with Gasteiger partial charge in [0.05, 0.1) is 0 Å². The first-order valence-electron chi connectivity index (χ1n) is 34.0. The second-order valence-electron chi connectivity index (χ2n) is 22.3. The highest BCUT2D eigenvalue weighted by molar-refractivity contribution is 8.77. The summed E-state index contributed by atoms with van der Waals surface area (Å²) < 4.78 is 53.2. The van der Waals surface area contributed by atoms with Gasteiger partial charge < -0.3 is 42.6 Å². The lowest BCUT2D eigenvalue weighted by Gasteiger charge is -2.36. The zero-order chi connectivity index (χ0) is 57.5. The van der Waals surface area contributed by atoms with E-state index in [0.29, 0.717) is 59.5 Å². The molecule has 1 fully saturated rings. The van der Waals surface area contributed by atoms with Crippen LogP contribution in [0.15, 0.2) is 0 Å². The Hall–Kier alpha value is 1.04. The van der Waals surface area contributed by atoms with Crippen LogP contribution in [0.2, 0.25) is 0 Å². The minimum Gasteiger partial charge on any atom is -0.328 e. The van der Waals surface area contributed by atoms with Gasteiger partial charge in [-0.15, -0.1) is 0 Å². The molecular formula is C66H132O9S4. The second kappa shape index (κ2) is 56.8. The van der Waals surface area contributed by atoms with Gasteiger partial charge in [-0.3, -0.25) is 0 Å². The fourth-order valence-electron chi connectivity index (χ4n) is 11.9. The molecule has 3 unspecified atom stereocenters. The molecule has 0 bridgehead atoms. The summed E-state index contributed by atoms with van der Waals surface area (Å²) in [5, 5.41) is 0. The summed E-state index contributed by atoms with van der Waals surface area (Å²) in [6.45, 7) is 23.7. The molecule has 0 aliphatic heterocycles. The van der Waals surface area contributed by atoms with E-state index in [1.807, 2.05) is 62.3 Å². The Bertz CT molecular complexity index is 1190. The van der Waals surface area contributed by atoms with Crippen molar-refractivity contribution in [3.05, 3.63) is 0 Å². The summed E-state index contributed by atoms with van der Waals surface area (Å²) in [4.78, 5) is 0. The lowest BCUT2D eigenvalue weighted by molar-refractivity contribution is -0.380. The largest absolute Gasteiger partial charge is 0.328 e. The summed E-state index contributed by atoms with van der Waals surface area (Å²) >= 11 is 0. The molecule has 1 aliphatic carbocycles. The van der Waals surface area contributed by atoms with E-state index in [2.05, 4.69) is 43.2 Å². The number of ether oxygens (including phenoxy) is 9. The lowest BCUT2D eigenvalue weighted by Crippen LogP contribution is -2.39. The molecule has 13 heteroatoms. The van der Waals surface area contributed by atoms with Crippen LogP contribution in [-0.4, -0.2) is 100 Å². The molecule has 474 valence electrons. The van der Waals surface area contributed by atoms with Gasteiger partial charge in [0.2, 0.25) is 0 Å². The van der Waals surface area contributed by atoms with Gasteiger partial charge >= 0.3 is 0 Å². The molecule has 0 aromatic carbocycles. The SMILES string of the molecule is CCOC(CCCCCCCCCCCCSSCCC1CCC(CCSSCCCCCCCCCCCCC(OCC)(OCC)OCC)C(CCCCCCCCCCCC(OCC)(OCC)OCC)C1)(OCC)OCC. The monoisotopic (exact) mass is 1200 g/mol. The average Bonchev–Trinajstić information content (AvgIpc) is 3.43. The van der Waals surface area contributed by atoms with Crippen molar-refractivity contribution >= 4 is 43.2 Å². The third-order valence-corrected chi connectivity index (χ3v) is 20.9. The van der Waals surface area contributed by atoms with Gasteiger partial charge in [0.25, 0.3) is 17.9 Å². The Labute approximate surface area is 507 Å². The molecule has 1 saturated carbocycles. The molecule has 0 radical (unpaired) electrons. The Kier molecular flexibility index (Phi) is 56.1. The normalized spacial score (nSPS) is 16.4. The van der Waals surface area contributed by atoms with Gasteiger partial charge in [-0.2, -0.15) is 0 Å². The van der Waals surface area contributed by atoms with Crippen LogP contribution >= 0.6 is 43.2 Å². The molecule has 1 rings (SSSR count). The van der Waals surface area contributed by atoms with Crippen molar-refractivity contribution in [2.24, 2.45) is 17.8 Å². The predicted molar refractivity (Wildman–Crippen MR) is 349 cm³/mol. The van der Waals surface area contributed by atoms with Crippen LogP contribution in [0.4, 0.5) is 0 Å². The number of unbranched alkanes of at least 4 members (excludes halogenated alkanes) is 26. The predicted octanol–water partition coefficient (Wildman–Crippen LogP) is 21.7. The second-order valence-corrected chi connectivity index (χ2v) is 27.7. The average molecular weight is 1200 g/mol. The maximum atomic E-state index is 5.94. The number of rotatable bonds is 64. The molecule has 3 atom stereocenters. The summed E-state index contributed by atoms with van der Waals surface area (Å²) in [5.41, 5.74) is 0. The highest BCUT2D eigenvalue weighted by Crippen LogP contribution is 2.42. The van der Waals surface area contributed by atoms with Crippen LogP contribution in [0, 0.1) is 17.8 Å². The van der Waals surface area contributed by atoms with Crippen molar-refractivity contribution < 1.29 is 42.6 Å². The first kappa shape index (κ1) is 78.1. The Morgan fingerprint density at radius 1 is 0.253 bits per heavy atom. The van der Waals surface area contributed by atoms with E-state index in [9.17, 15) is 0 Å². The summed E-state index contributed by atoms with van der Waals surface area (Å²) in [6, 6.07) is 0. The van der Waals surface area contributed by atoms with Crippen molar-refractivity contribution in [3.8, 4) is 0 Å². The Morgan fingerprint density at radius 3 is 0.810 bits per heavy atom. The van der Waals surface area contributed by atoms with Gasteiger partial charge in [-0.1, -0.05) is 210 Å². The van der Waals surface area contributed by atoms with Gasteiger partial charge in [-0.05, 0) is 138 Å². The quantitative estimate of drug-likeness (QED) is 0.0330. The third kappa shape index (κ3) is 42.5. The van der Waals surface area contributed by atoms with E-state index in [-0.39, 0.29) is 0 Å². The van der Waals surface area contributed by atoms with Crippen molar-refractivity contribution in [2.45, 2.75) is 324 Å². The van der Waals surface area contributed by atoms with E-state index in [4.69, 9.17) is 42.6 Å². The smallest absolute Gasteiger partial charge is 0.282 e. The molecule has 0 amide bonds. The molecule has 0 saturated heterocycles.